The van der Waals surface area contributed by atoms with E-state index in [0.717, 1.165) is 30.1 Å². The van der Waals surface area contributed by atoms with Crippen molar-refractivity contribution in [1.82, 2.24) is 9.88 Å². The van der Waals surface area contributed by atoms with E-state index in [1.165, 1.54) is 43.3 Å². The van der Waals surface area contributed by atoms with Crippen molar-refractivity contribution in [3.8, 4) is 0 Å². The minimum atomic E-state index is -0.0370. The van der Waals surface area contributed by atoms with Gasteiger partial charge in [-0.2, -0.15) is 0 Å². The van der Waals surface area contributed by atoms with E-state index in [1.54, 1.807) is 0 Å². The summed E-state index contributed by atoms with van der Waals surface area (Å²) in [5.74, 6) is 1.24. The first-order valence-electron chi connectivity index (χ1n) is 9.37. The number of alkyl halides is 1. The van der Waals surface area contributed by atoms with Gasteiger partial charge in [-0.3, -0.25) is 4.79 Å². The average molecular weight is 362 g/mol. The minimum absolute atomic E-state index is 0.0370. The van der Waals surface area contributed by atoms with Gasteiger partial charge in [-0.25, -0.2) is 0 Å². The number of carbonyl (C=O) groups excluding carboxylic acids is 1. The van der Waals surface area contributed by atoms with Gasteiger partial charge in [-0.05, 0) is 61.9 Å². The molecule has 25 heavy (non-hydrogen) atoms. The van der Waals surface area contributed by atoms with Crippen LogP contribution in [0.3, 0.4) is 0 Å². The fourth-order valence-corrected chi connectivity index (χ4v) is 3.50. The Bertz CT molecular complexity index is 708. The average Bonchev–Trinajstić information content (AvgIpc) is 3.31. The maximum absolute atomic E-state index is 11.8. The van der Waals surface area contributed by atoms with Crippen LogP contribution in [0.25, 0.3) is 10.9 Å². The summed E-state index contributed by atoms with van der Waals surface area (Å²) in [5.41, 5.74) is 3.28. The van der Waals surface area contributed by atoms with Crippen molar-refractivity contribution in [2.24, 2.45) is 5.92 Å². The lowest BCUT2D eigenvalue weighted by Crippen LogP contribution is -2.29. The summed E-state index contributed by atoms with van der Waals surface area (Å²) in [7, 11) is 0. The van der Waals surface area contributed by atoms with E-state index in [1.807, 2.05) is 12.1 Å². The first-order chi connectivity index (χ1) is 12.2. The zero-order valence-corrected chi connectivity index (χ0v) is 15.7. The molecule has 0 radical (unpaired) electrons. The Labute approximate surface area is 154 Å². The van der Waals surface area contributed by atoms with Gasteiger partial charge in [-0.1, -0.05) is 6.92 Å². The molecule has 0 bridgehead atoms. The van der Waals surface area contributed by atoms with E-state index >= 15 is 0 Å². The lowest BCUT2D eigenvalue weighted by atomic mass is 10.1. The van der Waals surface area contributed by atoms with Crippen molar-refractivity contribution >= 4 is 34.1 Å². The Morgan fingerprint density at radius 3 is 2.92 bits per heavy atom. The van der Waals surface area contributed by atoms with Gasteiger partial charge in [0.1, 0.15) is 0 Å². The number of H-pyrrole nitrogens is 1. The molecule has 3 rings (SSSR count). The molecule has 4 nitrogen and oxygen atoms in total. The van der Waals surface area contributed by atoms with Crippen LogP contribution in [0.5, 0.6) is 0 Å². The standard InChI is InChI=1S/C20H28ClN3O/c1-2-10-24(14-15-3-4-15)11-8-16-13-22-19-6-5-17(12-18(16)19)23-20(25)7-9-21/h5-6,12-13,15,22H,2-4,7-11,14H2,1H3,(H,23,25). The molecule has 2 aromatic rings. The number of nitrogens with zero attached hydrogens (tertiary/aromatic N) is 1. The molecule has 1 aromatic heterocycles. The minimum Gasteiger partial charge on any atom is -0.361 e. The molecule has 0 aliphatic heterocycles. The van der Waals surface area contributed by atoms with Crippen molar-refractivity contribution in [2.45, 2.75) is 39.0 Å². The van der Waals surface area contributed by atoms with E-state index in [-0.39, 0.29) is 5.91 Å². The predicted octanol–water partition coefficient (Wildman–Crippen LogP) is 4.40. The zero-order valence-electron chi connectivity index (χ0n) is 15.0. The highest BCUT2D eigenvalue weighted by atomic mass is 35.5. The molecule has 1 aliphatic rings. The number of hydrogen-bond acceptors (Lipinski definition) is 2. The SMILES string of the molecule is CCCN(CCc1c[nH]c2ccc(NC(=O)CCCl)cc12)CC1CC1. The van der Waals surface area contributed by atoms with E-state index in [4.69, 9.17) is 11.6 Å². The topological polar surface area (TPSA) is 48.1 Å². The third-order valence-corrected chi connectivity index (χ3v) is 5.01. The number of fused-ring (bicyclic) bond motifs is 1. The van der Waals surface area contributed by atoms with Crippen LogP contribution in [0, 0.1) is 5.92 Å². The molecule has 2 N–H and O–H groups in total. The molecule has 0 saturated heterocycles. The van der Waals surface area contributed by atoms with E-state index in [2.05, 4.69) is 34.4 Å². The Morgan fingerprint density at radius 1 is 1.36 bits per heavy atom. The lowest BCUT2D eigenvalue weighted by Gasteiger charge is -2.21. The fourth-order valence-electron chi connectivity index (χ4n) is 3.33. The Kier molecular flexibility index (Phi) is 6.38. The van der Waals surface area contributed by atoms with Crippen LogP contribution in [-0.2, 0) is 11.2 Å². The number of amides is 1. The number of halogens is 1. The predicted molar refractivity (Wildman–Crippen MR) is 105 cm³/mol. The number of nitrogens with one attached hydrogen (secondary N) is 2. The monoisotopic (exact) mass is 361 g/mol. The molecule has 1 aliphatic carbocycles. The van der Waals surface area contributed by atoms with Gasteiger partial charge in [0.2, 0.25) is 5.91 Å². The van der Waals surface area contributed by atoms with Gasteiger partial charge in [0, 0.05) is 48.2 Å². The number of anilines is 1. The summed E-state index contributed by atoms with van der Waals surface area (Å²) in [5, 5.41) is 4.12. The van der Waals surface area contributed by atoms with Gasteiger partial charge < -0.3 is 15.2 Å². The number of aromatic amines is 1. The van der Waals surface area contributed by atoms with Crippen LogP contribution in [-0.4, -0.2) is 41.3 Å². The van der Waals surface area contributed by atoms with Crippen molar-refractivity contribution in [2.75, 3.05) is 30.8 Å². The molecular weight excluding hydrogens is 334 g/mol. The molecule has 0 atom stereocenters. The molecule has 1 aromatic carbocycles. The van der Waals surface area contributed by atoms with Crippen LogP contribution in [0.1, 0.15) is 38.2 Å². The van der Waals surface area contributed by atoms with Crippen molar-refractivity contribution < 1.29 is 4.79 Å². The lowest BCUT2D eigenvalue weighted by molar-refractivity contribution is -0.115. The van der Waals surface area contributed by atoms with Gasteiger partial charge in [0.15, 0.2) is 0 Å². The normalized spacial score (nSPS) is 14.4. The second kappa shape index (κ2) is 8.72. The maximum atomic E-state index is 11.8. The Hall–Kier alpha value is -1.52. The first-order valence-corrected chi connectivity index (χ1v) is 9.91. The van der Waals surface area contributed by atoms with Crippen molar-refractivity contribution in [3.05, 3.63) is 30.0 Å². The zero-order chi connectivity index (χ0) is 17.6. The number of benzene rings is 1. The molecule has 1 heterocycles. The molecule has 136 valence electrons. The van der Waals surface area contributed by atoms with Crippen LogP contribution in [0.15, 0.2) is 24.4 Å². The molecule has 5 heteroatoms. The van der Waals surface area contributed by atoms with E-state index < -0.39 is 0 Å². The van der Waals surface area contributed by atoms with Crippen molar-refractivity contribution in [3.63, 3.8) is 0 Å². The van der Waals surface area contributed by atoms with Crippen LogP contribution >= 0.6 is 11.6 Å². The van der Waals surface area contributed by atoms with Gasteiger partial charge in [0.05, 0.1) is 0 Å². The largest absolute Gasteiger partial charge is 0.361 e. The third-order valence-electron chi connectivity index (χ3n) is 4.82. The van der Waals surface area contributed by atoms with Gasteiger partial charge >= 0.3 is 0 Å². The van der Waals surface area contributed by atoms with E-state index in [9.17, 15) is 4.79 Å². The van der Waals surface area contributed by atoms with Crippen LogP contribution < -0.4 is 5.32 Å². The van der Waals surface area contributed by atoms with Crippen LogP contribution in [0.2, 0.25) is 0 Å². The highest BCUT2D eigenvalue weighted by Gasteiger charge is 2.23. The number of carbonyl (C=O) groups is 1. The molecule has 1 saturated carbocycles. The Morgan fingerprint density at radius 2 is 2.20 bits per heavy atom. The summed E-state index contributed by atoms with van der Waals surface area (Å²) in [6, 6.07) is 6.03. The van der Waals surface area contributed by atoms with E-state index in [0.29, 0.717) is 12.3 Å². The highest BCUT2D eigenvalue weighted by Crippen LogP contribution is 2.30. The molecule has 0 unspecified atom stereocenters. The summed E-state index contributed by atoms with van der Waals surface area (Å²) in [6.07, 6.45) is 7.49. The first kappa shape index (κ1) is 18.3. The summed E-state index contributed by atoms with van der Waals surface area (Å²) in [6.45, 7) is 5.77. The number of hydrogen-bond donors (Lipinski definition) is 2. The van der Waals surface area contributed by atoms with Crippen molar-refractivity contribution in [1.29, 1.82) is 0 Å². The maximum Gasteiger partial charge on any atom is 0.225 e. The number of aromatic nitrogens is 1. The third kappa shape index (κ3) is 5.23. The van der Waals surface area contributed by atoms with Crippen LogP contribution in [0.4, 0.5) is 5.69 Å². The van der Waals surface area contributed by atoms with Gasteiger partial charge in [0.25, 0.3) is 0 Å². The number of rotatable bonds is 10. The quantitative estimate of drug-likeness (QED) is 0.616. The Balaban J connectivity index is 1.66. The second-order valence-corrected chi connectivity index (χ2v) is 7.43. The molecule has 1 fully saturated rings. The second-order valence-electron chi connectivity index (χ2n) is 7.06. The highest BCUT2D eigenvalue weighted by molar-refractivity contribution is 6.19. The summed E-state index contributed by atoms with van der Waals surface area (Å²) < 4.78 is 0. The van der Waals surface area contributed by atoms with Gasteiger partial charge in [-0.15, -0.1) is 11.6 Å². The molecule has 0 spiro atoms. The summed E-state index contributed by atoms with van der Waals surface area (Å²) in [4.78, 5) is 17.7. The molecular formula is C20H28ClN3O. The smallest absolute Gasteiger partial charge is 0.225 e. The summed E-state index contributed by atoms with van der Waals surface area (Å²) >= 11 is 5.63. The fraction of sp³-hybridized carbons (Fsp3) is 0.550. The molecule has 1 amide bonds.